The highest BCUT2D eigenvalue weighted by molar-refractivity contribution is 7.99. The van der Waals surface area contributed by atoms with E-state index >= 15 is 0 Å². The van der Waals surface area contributed by atoms with E-state index in [1.165, 1.54) is 10.5 Å². The molecule has 0 aliphatic carbocycles. The van der Waals surface area contributed by atoms with E-state index in [0.29, 0.717) is 0 Å². The van der Waals surface area contributed by atoms with Gasteiger partial charge in [-0.05, 0) is 18.6 Å². The average molecular weight is 210 g/mol. The molecule has 13 heavy (non-hydrogen) atoms. The Morgan fingerprint density at radius 1 is 1.31 bits per heavy atom. The highest BCUT2D eigenvalue weighted by atomic mass is 32.2. The van der Waals surface area contributed by atoms with Crippen LogP contribution in [0.25, 0.3) is 0 Å². The Hall–Kier alpha value is -0.340. The van der Waals surface area contributed by atoms with Gasteiger partial charge in [-0.1, -0.05) is 30.4 Å². The number of rotatable bonds is 4. The molecule has 0 bridgehead atoms. The summed E-state index contributed by atoms with van der Waals surface area (Å²) in [6.45, 7) is 2.14. The third-order valence-electron chi connectivity index (χ3n) is 1.70. The van der Waals surface area contributed by atoms with E-state index in [1.54, 1.807) is 0 Å². The summed E-state index contributed by atoms with van der Waals surface area (Å²) in [4.78, 5) is 1.37. The second-order valence-corrected chi connectivity index (χ2v) is 4.16. The van der Waals surface area contributed by atoms with Gasteiger partial charge in [-0.25, -0.2) is 0 Å². The van der Waals surface area contributed by atoms with E-state index in [0.717, 1.165) is 11.5 Å². The van der Waals surface area contributed by atoms with Gasteiger partial charge in [-0.3, -0.25) is 0 Å². The Kier molecular flexibility index (Phi) is 5.09. The average Bonchev–Trinajstić information content (AvgIpc) is 2.15. The van der Waals surface area contributed by atoms with Crippen molar-refractivity contribution in [3.05, 3.63) is 42.0 Å². The molecule has 0 radical (unpaired) electrons. The summed E-state index contributed by atoms with van der Waals surface area (Å²) in [5.41, 5.74) is 1.35. The van der Waals surface area contributed by atoms with Gasteiger partial charge in [0.15, 0.2) is 0 Å². The second-order valence-electron chi connectivity index (χ2n) is 2.73. The third-order valence-corrected chi connectivity index (χ3v) is 3.04. The summed E-state index contributed by atoms with van der Waals surface area (Å²) in [5.74, 6) is 1.86. The zero-order chi connectivity index (χ0) is 9.52. The van der Waals surface area contributed by atoms with Crippen LogP contribution in [0.2, 0.25) is 0 Å². The summed E-state index contributed by atoms with van der Waals surface area (Å²) in [6.07, 6.45) is 4.23. The first kappa shape index (κ1) is 10.7. The molecule has 0 amide bonds. The summed E-state index contributed by atoms with van der Waals surface area (Å²) in [5, 5.41) is 0. The number of aryl methyl sites for hydroxylation is 1. The molecule has 1 aromatic rings. The van der Waals surface area contributed by atoms with Crippen LogP contribution in [0.3, 0.4) is 0 Å². The van der Waals surface area contributed by atoms with Crippen LogP contribution in [0.15, 0.2) is 41.3 Å². The van der Waals surface area contributed by atoms with Gasteiger partial charge < -0.3 is 0 Å². The lowest BCUT2D eigenvalue weighted by Crippen LogP contribution is -1.79. The molecular formula is C11H14S2. The smallest absolute Gasteiger partial charge is 0.0161 e. The fraction of sp³-hybridized carbons (Fsp3) is 0.273. The first-order valence-electron chi connectivity index (χ1n) is 4.29. The Balaban J connectivity index is 2.45. The lowest BCUT2D eigenvalue weighted by Gasteiger charge is -2.01. The molecule has 0 unspecified atom stereocenters. The van der Waals surface area contributed by atoms with Gasteiger partial charge in [0.25, 0.3) is 0 Å². The van der Waals surface area contributed by atoms with Crippen LogP contribution in [0.4, 0.5) is 0 Å². The Morgan fingerprint density at radius 3 is 2.77 bits per heavy atom. The lowest BCUT2D eigenvalue weighted by molar-refractivity contribution is 1.30. The Labute approximate surface area is 89.8 Å². The van der Waals surface area contributed by atoms with E-state index < -0.39 is 0 Å². The first-order valence-corrected chi connectivity index (χ1v) is 5.90. The van der Waals surface area contributed by atoms with Gasteiger partial charge in [0.05, 0.1) is 0 Å². The highest BCUT2D eigenvalue weighted by Crippen LogP contribution is 2.21. The first-order chi connectivity index (χ1) is 6.34. The summed E-state index contributed by atoms with van der Waals surface area (Å²) >= 11 is 5.97. The molecule has 0 fully saturated rings. The largest absolute Gasteiger partial charge is 0.175 e. The number of hydrogen-bond donors (Lipinski definition) is 1. The molecule has 0 aromatic heterocycles. The highest BCUT2D eigenvalue weighted by Gasteiger charge is 1.94. The minimum atomic E-state index is 0.828. The standard InChI is InChI=1S/C11H14S2/c1-10-6-2-3-7-11(10)13-9-5-4-8-12/h2-7,12H,8-9H2,1H3. The number of thioether (sulfide) groups is 1. The van der Waals surface area contributed by atoms with Crippen LogP contribution < -0.4 is 0 Å². The van der Waals surface area contributed by atoms with Gasteiger partial charge in [0, 0.05) is 16.4 Å². The second kappa shape index (κ2) is 6.17. The maximum Gasteiger partial charge on any atom is 0.0161 e. The van der Waals surface area contributed by atoms with Crippen LogP contribution in [-0.4, -0.2) is 11.5 Å². The molecule has 0 aliphatic rings. The number of benzene rings is 1. The van der Waals surface area contributed by atoms with Crippen molar-refractivity contribution in [1.29, 1.82) is 0 Å². The summed E-state index contributed by atoms with van der Waals surface area (Å²) in [6, 6.07) is 8.46. The minimum absolute atomic E-state index is 0.828. The van der Waals surface area contributed by atoms with E-state index in [2.05, 4.69) is 56.0 Å². The molecule has 0 N–H and O–H groups in total. The lowest BCUT2D eigenvalue weighted by atomic mass is 10.2. The zero-order valence-corrected chi connectivity index (χ0v) is 9.44. The van der Waals surface area contributed by atoms with E-state index in [-0.39, 0.29) is 0 Å². The van der Waals surface area contributed by atoms with Gasteiger partial charge in [-0.15, -0.1) is 11.8 Å². The summed E-state index contributed by atoms with van der Waals surface area (Å²) < 4.78 is 0. The van der Waals surface area contributed by atoms with Crippen molar-refractivity contribution in [3.63, 3.8) is 0 Å². The molecule has 70 valence electrons. The molecule has 1 aromatic carbocycles. The normalized spacial score (nSPS) is 10.9. The molecule has 0 atom stereocenters. The van der Waals surface area contributed by atoms with Crippen molar-refractivity contribution in [2.75, 3.05) is 11.5 Å². The monoisotopic (exact) mass is 210 g/mol. The van der Waals surface area contributed by atoms with E-state index in [9.17, 15) is 0 Å². The predicted octanol–water partition coefficient (Wildman–Crippen LogP) is 3.57. The SMILES string of the molecule is Cc1ccccc1SCC=CCS. The van der Waals surface area contributed by atoms with Crippen molar-refractivity contribution in [2.24, 2.45) is 0 Å². The van der Waals surface area contributed by atoms with Crippen LogP contribution in [0, 0.1) is 6.92 Å². The molecule has 0 spiro atoms. The van der Waals surface area contributed by atoms with E-state index in [1.807, 2.05) is 11.8 Å². The van der Waals surface area contributed by atoms with Crippen LogP contribution >= 0.6 is 24.4 Å². The molecule has 0 saturated heterocycles. The third kappa shape index (κ3) is 3.92. The van der Waals surface area contributed by atoms with Gasteiger partial charge in [0.1, 0.15) is 0 Å². The molecule has 0 nitrogen and oxygen atoms in total. The molecule has 2 heteroatoms. The number of hydrogen-bond acceptors (Lipinski definition) is 2. The topological polar surface area (TPSA) is 0 Å². The minimum Gasteiger partial charge on any atom is -0.175 e. The van der Waals surface area contributed by atoms with Crippen LogP contribution in [0.1, 0.15) is 5.56 Å². The molecule has 0 saturated carbocycles. The van der Waals surface area contributed by atoms with Crippen molar-refractivity contribution in [3.8, 4) is 0 Å². The molecule has 1 rings (SSSR count). The van der Waals surface area contributed by atoms with E-state index in [4.69, 9.17) is 0 Å². The van der Waals surface area contributed by atoms with Crippen molar-refractivity contribution in [2.45, 2.75) is 11.8 Å². The van der Waals surface area contributed by atoms with Gasteiger partial charge in [0.2, 0.25) is 0 Å². The van der Waals surface area contributed by atoms with Crippen molar-refractivity contribution in [1.82, 2.24) is 0 Å². The van der Waals surface area contributed by atoms with Crippen molar-refractivity contribution >= 4 is 24.4 Å². The zero-order valence-electron chi connectivity index (χ0n) is 7.73. The maximum atomic E-state index is 4.11. The quantitative estimate of drug-likeness (QED) is 0.450. The maximum absolute atomic E-state index is 4.11. The van der Waals surface area contributed by atoms with Crippen molar-refractivity contribution < 1.29 is 0 Å². The fourth-order valence-electron chi connectivity index (χ4n) is 0.999. The van der Waals surface area contributed by atoms with Gasteiger partial charge in [-0.2, -0.15) is 12.6 Å². The predicted molar refractivity (Wildman–Crippen MR) is 64.9 cm³/mol. The van der Waals surface area contributed by atoms with Crippen LogP contribution in [0.5, 0.6) is 0 Å². The summed E-state index contributed by atoms with van der Waals surface area (Å²) in [7, 11) is 0. The van der Waals surface area contributed by atoms with Crippen LogP contribution in [-0.2, 0) is 0 Å². The fourth-order valence-corrected chi connectivity index (χ4v) is 2.03. The Morgan fingerprint density at radius 2 is 2.08 bits per heavy atom. The molecule has 0 heterocycles. The van der Waals surface area contributed by atoms with Gasteiger partial charge >= 0.3 is 0 Å². The Bertz CT molecular complexity index is 279. The number of thiol groups is 1. The molecule has 0 aliphatic heterocycles. The molecular weight excluding hydrogens is 196 g/mol.